The van der Waals surface area contributed by atoms with Crippen molar-refractivity contribution in [1.29, 1.82) is 0 Å². The van der Waals surface area contributed by atoms with Crippen LogP contribution in [0.25, 0.3) is 0 Å². The monoisotopic (exact) mass is 275 g/mol. The van der Waals surface area contributed by atoms with E-state index in [1.54, 1.807) is 12.3 Å². The summed E-state index contributed by atoms with van der Waals surface area (Å²) in [6.45, 7) is 3.16. The van der Waals surface area contributed by atoms with E-state index in [9.17, 15) is 8.78 Å². The third-order valence-electron chi connectivity index (χ3n) is 3.52. The van der Waals surface area contributed by atoms with Crippen LogP contribution >= 0.6 is 0 Å². The predicted molar refractivity (Wildman–Crippen MR) is 75.0 cm³/mol. The average Bonchev–Trinajstić information content (AvgIpc) is 2.51. The summed E-state index contributed by atoms with van der Waals surface area (Å²) in [6, 6.07) is 9.88. The number of benzene rings is 1. The summed E-state index contributed by atoms with van der Waals surface area (Å²) in [6.07, 6.45) is 1.77. The van der Waals surface area contributed by atoms with Gasteiger partial charge < -0.3 is 9.80 Å². The van der Waals surface area contributed by atoms with Crippen LogP contribution in [0.4, 0.5) is 20.3 Å². The summed E-state index contributed by atoms with van der Waals surface area (Å²) in [4.78, 5) is 8.57. The van der Waals surface area contributed by atoms with E-state index < -0.39 is 11.6 Å². The molecule has 0 saturated carbocycles. The van der Waals surface area contributed by atoms with Gasteiger partial charge in [-0.1, -0.05) is 6.07 Å². The molecule has 0 aliphatic carbocycles. The molecule has 0 spiro atoms. The Labute approximate surface area is 116 Å². The zero-order chi connectivity index (χ0) is 13.9. The highest BCUT2D eigenvalue weighted by Gasteiger charge is 2.18. The highest BCUT2D eigenvalue weighted by Crippen LogP contribution is 2.21. The minimum absolute atomic E-state index is 0.726. The summed E-state index contributed by atoms with van der Waals surface area (Å²) in [5.74, 6) is -0.645. The first-order valence-corrected chi connectivity index (χ1v) is 6.60. The second kappa shape index (κ2) is 5.45. The zero-order valence-electron chi connectivity index (χ0n) is 11.0. The maximum Gasteiger partial charge on any atom is 0.160 e. The molecule has 3 rings (SSSR count). The highest BCUT2D eigenvalue weighted by molar-refractivity contribution is 5.49. The smallest absolute Gasteiger partial charge is 0.160 e. The minimum atomic E-state index is -0.805. The van der Waals surface area contributed by atoms with Gasteiger partial charge in [0.25, 0.3) is 0 Å². The Morgan fingerprint density at radius 3 is 2.25 bits per heavy atom. The van der Waals surface area contributed by atoms with Gasteiger partial charge in [-0.15, -0.1) is 0 Å². The summed E-state index contributed by atoms with van der Waals surface area (Å²) >= 11 is 0. The Morgan fingerprint density at radius 2 is 1.60 bits per heavy atom. The van der Waals surface area contributed by atoms with E-state index in [0.717, 1.165) is 37.7 Å². The van der Waals surface area contributed by atoms with Crippen LogP contribution in [0.15, 0.2) is 42.6 Å². The Bertz CT molecular complexity index is 581. The van der Waals surface area contributed by atoms with Gasteiger partial charge in [0.05, 0.1) is 0 Å². The fraction of sp³-hybridized carbons (Fsp3) is 0.267. The van der Waals surface area contributed by atoms with Gasteiger partial charge in [0, 0.05) is 44.1 Å². The van der Waals surface area contributed by atoms with Crippen LogP contribution in [0.5, 0.6) is 0 Å². The van der Waals surface area contributed by atoms with E-state index in [0.29, 0.717) is 0 Å². The lowest BCUT2D eigenvalue weighted by atomic mass is 10.2. The molecule has 2 heterocycles. The maximum atomic E-state index is 13.3. The Morgan fingerprint density at radius 1 is 0.850 bits per heavy atom. The van der Waals surface area contributed by atoms with Crippen LogP contribution in [-0.4, -0.2) is 31.2 Å². The summed E-state index contributed by atoms with van der Waals surface area (Å²) in [7, 11) is 0. The Balaban J connectivity index is 1.68. The number of piperazine rings is 1. The number of hydrogen-bond donors (Lipinski definition) is 0. The van der Waals surface area contributed by atoms with Gasteiger partial charge in [-0.05, 0) is 24.3 Å². The molecule has 0 bridgehead atoms. The van der Waals surface area contributed by atoms with E-state index in [1.807, 2.05) is 18.2 Å². The van der Waals surface area contributed by atoms with E-state index in [2.05, 4.69) is 14.8 Å². The molecule has 0 unspecified atom stereocenters. The van der Waals surface area contributed by atoms with Crippen molar-refractivity contribution < 1.29 is 8.78 Å². The van der Waals surface area contributed by atoms with Crippen LogP contribution in [0, 0.1) is 11.6 Å². The van der Waals surface area contributed by atoms with Crippen molar-refractivity contribution >= 4 is 11.5 Å². The number of anilines is 2. The van der Waals surface area contributed by atoms with Gasteiger partial charge in [0.1, 0.15) is 5.82 Å². The van der Waals surface area contributed by atoms with Crippen molar-refractivity contribution in [2.45, 2.75) is 0 Å². The largest absolute Gasteiger partial charge is 0.368 e. The Hall–Kier alpha value is -2.17. The lowest BCUT2D eigenvalue weighted by Crippen LogP contribution is -2.46. The van der Waals surface area contributed by atoms with Gasteiger partial charge in [0.2, 0.25) is 0 Å². The molecule has 104 valence electrons. The number of aromatic nitrogens is 1. The second-order valence-electron chi connectivity index (χ2n) is 4.76. The van der Waals surface area contributed by atoms with E-state index in [1.165, 1.54) is 12.1 Å². The third-order valence-corrected chi connectivity index (χ3v) is 3.52. The van der Waals surface area contributed by atoms with E-state index in [-0.39, 0.29) is 0 Å². The highest BCUT2D eigenvalue weighted by atomic mass is 19.2. The van der Waals surface area contributed by atoms with Gasteiger partial charge >= 0.3 is 0 Å². The molecule has 2 aromatic rings. The molecule has 1 aromatic heterocycles. The Kier molecular flexibility index (Phi) is 3.50. The van der Waals surface area contributed by atoms with Crippen LogP contribution in [0.2, 0.25) is 0 Å². The lowest BCUT2D eigenvalue weighted by molar-refractivity contribution is 0.507. The molecule has 1 aromatic carbocycles. The molecule has 1 aliphatic heterocycles. The quantitative estimate of drug-likeness (QED) is 0.840. The minimum Gasteiger partial charge on any atom is -0.368 e. The number of halogens is 2. The molecular weight excluding hydrogens is 260 g/mol. The number of pyridine rings is 1. The standard InChI is InChI=1S/C15H15F2N3/c16-13-5-4-12(11-14(13)17)19-7-9-20(10-8-19)15-3-1-2-6-18-15/h1-6,11H,7-10H2. The van der Waals surface area contributed by atoms with Crippen LogP contribution in [-0.2, 0) is 0 Å². The predicted octanol–water partition coefficient (Wildman–Crippen LogP) is 2.69. The molecule has 1 saturated heterocycles. The number of rotatable bonds is 2. The molecule has 0 radical (unpaired) electrons. The van der Waals surface area contributed by atoms with Gasteiger partial charge in [0.15, 0.2) is 11.6 Å². The molecule has 20 heavy (non-hydrogen) atoms. The molecule has 5 heteroatoms. The molecule has 0 atom stereocenters. The maximum absolute atomic E-state index is 13.3. The molecule has 1 aliphatic rings. The molecule has 0 N–H and O–H groups in total. The SMILES string of the molecule is Fc1ccc(N2CCN(c3ccccn3)CC2)cc1F. The van der Waals surface area contributed by atoms with Crippen LogP contribution in [0.1, 0.15) is 0 Å². The van der Waals surface area contributed by atoms with Gasteiger partial charge in [-0.2, -0.15) is 0 Å². The first-order chi connectivity index (χ1) is 9.74. The van der Waals surface area contributed by atoms with Crippen LogP contribution in [0.3, 0.4) is 0 Å². The van der Waals surface area contributed by atoms with Crippen molar-refractivity contribution in [3.05, 3.63) is 54.2 Å². The van der Waals surface area contributed by atoms with Crippen molar-refractivity contribution in [3.8, 4) is 0 Å². The first kappa shape index (κ1) is 12.8. The van der Waals surface area contributed by atoms with Crippen molar-refractivity contribution in [3.63, 3.8) is 0 Å². The summed E-state index contributed by atoms with van der Waals surface area (Å²) in [5.41, 5.74) is 0.726. The average molecular weight is 275 g/mol. The summed E-state index contributed by atoms with van der Waals surface area (Å²) < 4.78 is 26.2. The fourth-order valence-corrected chi connectivity index (χ4v) is 2.42. The second-order valence-corrected chi connectivity index (χ2v) is 4.76. The zero-order valence-corrected chi connectivity index (χ0v) is 11.0. The lowest BCUT2D eigenvalue weighted by Gasteiger charge is -2.36. The van der Waals surface area contributed by atoms with Crippen molar-refractivity contribution in [1.82, 2.24) is 4.98 Å². The van der Waals surface area contributed by atoms with E-state index >= 15 is 0 Å². The number of nitrogens with zero attached hydrogens (tertiary/aromatic N) is 3. The van der Waals surface area contributed by atoms with Crippen LogP contribution < -0.4 is 9.80 Å². The van der Waals surface area contributed by atoms with E-state index in [4.69, 9.17) is 0 Å². The molecule has 1 fully saturated rings. The third kappa shape index (κ3) is 2.57. The fourth-order valence-electron chi connectivity index (χ4n) is 2.42. The number of hydrogen-bond acceptors (Lipinski definition) is 3. The topological polar surface area (TPSA) is 19.4 Å². The molecule has 0 amide bonds. The molecule has 3 nitrogen and oxygen atoms in total. The normalized spacial score (nSPS) is 15.5. The summed E-state index contributed by atoms with van der Waals surface area (Å²) in [5, 5.41) is 0. The first-order valence-electron chi connectivity index (χ1n) is 6.60. The van der Waals surface area contributed by atoms with Gasteiger partial charge in [-0.25, -0.2) is 13.8 Å². The van der Waals surface area contributed by atoms with Crippen molar-refractivity contribution in [2.24, 2.45) is 0 Å². The molecular formula is C15H15F2N3. The van der Waals surface area contributed by atoms with Gasteiger partial charge in [-0.3, -0.25) is 0 Å². The van der Waals surface area contributed by atoms with Crippen molar-refractivity contribution in [2.75, 3.05) is 36.0 Å².